The highest BCUT2D eigenvalue weighted by atomic mass is 16.5. The molecule has 0 amide bonds. The Bertz CT molecular complexity index is 1130. The maximum absolute atomic E-state index is 13.0. The number of unbranched alkanes of at least 4 members (excludes halogenated alkanes) is 1. The first kappa shape index (κ1) is 21.9. The maximum Gasteiger partial charge on any atom is 0.333 e. The third-order valence-corrected chi connectivity index (χ3v) is 5.75. The van der Waals surface area contributed by atoms with Gasteiger partial charge in [-0.25, -0.2) is 4.79 Å². The predicted molar refractivity (Wildman–Crippen MR) is 127 cm³/mol. The Balaban J connectivity index is 1.72. The van der Waals surface area contributed by atoms with E-state index in [-0.39, 0.29) is 5.69 Å². The standard InChI is InChI=1S/C26H34N2O2/c1-17(2)22-11-10-19(5)14-25(22)30-13-9-8-12-27-23-15-20(6)21(7)16-24(23)28(18(3)4)26(27)29/h10-11,14-17H,3,8-9,12-13H2,1-2,4-7H3. The number of aryl methyl sites for hydroxylation is 4. The first-order chi connectivity index (χ1) is 14.2. The van der Waals surface area contributed by atoms with Gasteiger partial charge in [-0.2, -0.15) is 0 Å². The smallest absolute Gasteiger partial charge is 0.333 e. The van der Waals surface area contributed by atoms with E-state index in [2.05, 4.69) is 71.5 Å². The molecule has 0 aliphatic carbocycles. The minimum atomic E-state index is -0.0100. The van der Waals surface area contributed by atoms with Crippen molar-refractivity contribution in [3.63, 3.8) is 0 Å². The normalized spacial score (nSPS) is 11.4. The van der Waals surface area contributed by atoms with Crippen LogP contribution in [0.2, 0.25) is 0 Å². The fraction of sp³-hybridized carbons (Fsp3) is 0.423. The summed E-state index contributed by atoms with van der Waals surface area (Å²) in [5, 5.41) is 0. The zero-order valence-electron chi connectivity index (χ0n) is 19.2. The van der Waals surface area contributed by atoms with E-state index in [4.69, 9.17) is 4.74 Å². The van der Waals surface area contributed by atoms with Gasteiger partial charge in [-0.05, 0) is 86.9 Å². The molecule has 0 N–H and O–H groups in total. The van der Waals surface area contributed by atoms with E-state index < -0.39 is 0 Å². The lowest BCUT2D eigenvalue weighted by Crippen LogP contribution is -2.23. The van der Waals surface area contributed by atoms with Crippen LogP contribution < -0.4 is 10.4 Å². The average molecular weight is 407 g/mol. The molecule has 0 radical (unpaired) electrons. The third-order valence-electron chi connectivity index (χ3n) is 5.75. The van der Waals surface area contributed by atoms with Crippen molar-refractivity contribution >= 4 is 16.7 Å². The molecule has 0 fully saturated rings. The van der Waals surface area contributed by atoms with Gasteiger partial charge in [0.1, 0.15) is 5.75 Å². The fourth-order valence-electron chi connectivity index (χ4n) is 3.89. The van der Waals surface area contributed by atoms with Gasteiger partial charge in [0.2, 0.25) is 0 Å². The predicted octanol–water partition coefficient (Wildman–Crippen LogP) is 6.20. The number of aromatic nitrogens is 2. The fourth-order valence-corrected chi connectivity index (χ4v) is 3.89. The number of hydrogen-bond donors (Lipinski definition) is 0. The van der Waals surface area contributed by atoms with E-state index in [0.717, 1.165) is 35.3 Å². The summed E-state index contributed by atoms with van der Waals surface area (Å²) in [6, 6.07) is 10.6. The Morgan fingerprint density at radius 3 is 2.33 bits per heavy atom. The zero-order chi connectivity index (χ0) is 22.0. The van der Waals surface area contributed by atoms with E-state index in [1.807, 2.05) is 11.5 Å². The number of rotatable bonds is 8. The molecule has 0 saturated heterocycles. The number of nitrogens with zero attached hydrogens (tertiary/aromatic N) is 2. The molecule has 0 bridgehead atoms. The maximum atomic E-state index is 13.0. The van der Waals surface area contributed by atoms with Crippen LogP contribution in [0.25, 0.3) is 16.7 Å². The summed E-state index contributed by atoms with van der Waals surface area (Å²) in [6.45, 7) is 17.8. The van der Waals surface area contributed by atoms with Crippen molar-refractivity contribution in [2.45, 2.75) is 66.8 Å². The van der Waals surface area contributed by atoms with Gasteiger partial charge in [-0.1, -0.05) is 32.6 Å². The Hall–Kier alpha value is -2.75. The quantitative estimate of drug-likeness (QED) is 0.418. The molecule has 0 aliphatic rings. The average Bonchev–Trinajstić information content (AvgIpc) is 2.92. The van der Waals surface area contributed by atoms with Crippen LogP contribution in [-0.2, 0) is 6.54 Å². The van der Waals surface area contributed by atoms with Gasteiger partial charge in [0.25, 0.3) is 0 Å². The van der Waals surface area contributed by atoms with Crippen LogP contribution in [0.15, 0.2) is 41.7 Å². The molecule has 30 heavy (non-hydrogen) atoms. The van der Waals surface area contributed by atoms with Gasteiger partial charge in [-0.15, -0.1) is 0 Å². The Morgan fingerprint density at radius 2 is 1.70 bits per heavy atom. The molecule has 0 saturated carbocycles. The van der Waals surface area contributed by atoms with Crippen LogP contribution in [0, 0.1) is 20.8 Å². The number of allylic oxidation sites excluding steroid dienone is 1. The van der Waals surface area contributed by atoms with Crippen molar-refractivity contribution in [1.29, 1.82) is 0 Å². The molecule has 0 atom stereocenters. The van der Waals surface area contributed by atoms with Crippen molar-refractivity contribution in [3.05, 3.63) is 69.6 Å². The molecule has 3 aromatic rings. The minimum absolute atomic E-state index is 0.0100. The summed E-state index contributed by atoms with van der Waals surface area (Å²) in [7, 11) is 0. The van der Waals surface area contributed by atoms with Crippen LogP contribution in [0.5, 0.6) is 5.75 Å². The van der Waals surface area contributed by atoms with Crippen molar-refractivity contribution < 1.29 is 4.74 Å². The lowest BCUT2D eigenvalue weighted by Gasteiger charge is -2.15. The highest BCUT2D eigenvalue weighted by Crippen LogP contribution is 2.27. The highest BCUT2D eigenvalue weighted by molar-refractivity contribution is 5.81. The van der Waals surface area contributed by atoms with Crippen LogP contribution in [-0.4, -0.2) is 15.7 Å². The summed E-state index contributed by atoms with van der Waals surface area (Å²) < 4.78 is 9.71. The molecule has 1 heterocycles. The number of ether oxygens (including phenoxy) is 1. The zero-order valence-corrected chi connectivity index (χ0v) is 19.2. The third kappa shape index (κ3) is 4.38. The molecule has 0 unspecified atom stereocenters. The Morgan fingerprint density at radius 1 is 1.03 bits per heavy atom. The van der Waals surface area contributed by atoms with Crippen molar-refractivity contribution in [2.24, 2.45) is 0 Å². The molecule has 3 rings (SSSR count). The SMILES string of the molecule is C=C(C)n1c(=O)n(CCCCOc2cc(C)ccc2C(C)C)c2cc(C)c(C)cc21. The molecule has 4 heteroatoms. The summed E-state index contributed by atoms with van der Waals surface area (Å²) >= 11 is 0. The number of fused-ring (bicyclic) bond motifs is 1. The summed E-state index contributed by atoms with van der Waals surface area (Å²) in [5.41, 5.74) is 7.48. The number of benzene rings is 2. The van der Waals surface area contributed by atoms with Gasteiger partial charge in [0, 0.05) is 12.2 Å². The van der Waals surface area contributed by atoms with Crippen LogP contribution in [0.1, 0.15) is 61.8 Å². The second-order valence-electron chi connectivity index (χ2n) is 8.68. The van der Waals surface area contributed by atoms with Gasteiger partial charge in [0.15, 0.2) is 0 Å². The number of imidazole rings is 1. The van der Waals surface area contributed by atoms with E-state index >= 15 is 0 Å². The minimum Gasteiger partial charge on any atom is -0.493 e. The van der Waals surface area contributed by atoms with E-state index in [1.165, 1.54) is 22.3 Å². The summed E-state index contributed by atoms with van der Waals surface area (Å²) in [5.74, 6) is 1.41. The second kappa shape index (κ2) is 8.95. The largest absolute Gasteiger partial charge is 0.493 e. The summed E-state index contributed by atoms with van der Waals surface area (Å²) in [6.07, 6.45) is 1.77. The van der Waals surface area contributed by atoms with Crippen LogP contribution >= 0.6 is 0 Å². The van der Waals surface area contributed by atoms with Crippen LogP contribution in [0.3, 0.4) is 0 Å². The molecular formula is C26H34N2O2. The van der Waals surface area contributed by atoms with Gasteiger partial charge >= 0.3 is 5.69 Å². The molecule has 1 aromatic heterocycles. The van der Waals surface area contributed by atoms with Gasteiger partial charge < -0.3 is 4.74 Å². The molecule has 0 spiro atoms. The van der Waals surface area contributed by atoms with Crippen molar-refractivity contribution in [3.8, 4) is 5.75 Å². The molecule has 2 aromatic carbocycles. The highest BCUT2D eigenvalue weighted by Gasteiger charge is 2.15. The van der Waals surface area contributed by atoms with Crippen LogP contribution in [0.4, 0.5) is 0 Å². The van der Waals surface area contributed by atoms with E-state index in [9.17, 15) is 4.79 Å². The van der Waals surface area contributed by atoms with Crippen molar-refractivity contribution in [1.82, 2.24) is 9.13 Å². The lowest BCUT2D eigenvalue weighted by molar-refractivity contribution is 0.299. The number of hydrogen-bond acceptors (Lipinski definition) is 2. The monoisotopic (exact) mass is 406 g/mol. The van der Waals surface area contributed by atoms with Gasteiger partial charge in [0.05, 0.1) is 17.6 Å². The lowest BCUT2D eigenvalue weighted by atomic mass is 10.0. The Kier molecular flexibility index (Phi) is 6.55. The van der Waals surface area contributed by atoms with Gasteiger partial charge in [-0.3, -0.25) is 9.13 Å². The van der Waals surface area contributed by atoms with E-state index in [1.54, 1.807) is 4.57 Å². The molecule has 0 aliphatic heterocycles. The first-order valence-corrected chi connectivity index (χ1v) is 10.8. The molecule has 160 valence electrons. The Labute approximate surface area is 179 Å². The molecule has 4 nitrogen and oxygen atoms in total. The molecular weight excluding hydrogens is 372 g/mol. The van der Waals surface area contributed by atoms with E-state index in [0.29, 0.717) is 19.1 Å². The second-order valence-corrected chi connectivity index (χ2v) is 8.68. The summed E-state index contributed by atoms with van der Waals surface area (Å²) in [4.78, 5) is 13.0. The topological polar surface area (TPSA) is 36.2 Å². The van der Waals surface area contributed by atoms with Crippen molar-refractivity contribution in [2.75, 3.05) is 6.61 Å². The first-order valence-electron chi connectivity index (χ1n) is 10.8.